The Labute approximate surface area is 154 Å². The number of aldehydes is 1. The van der Waals surface area contributed by atoms with Gasteiger partial charge >= 0.3 is 0 Å². The minimum Gasteiger partial charge on any atom is -0.348 e. The highest BCUT2D eigenvalue weighted by Crippen LogP contribution is 2.28. The van der Waals surface area contributed by atoms with E-state index in [0.717, 1.165) is 12.8 Å². The van der Waals surface area contributed by atoms with Crippen LogP contribution in [-0.4, -0.2) is 54.4 Å². The highest BCUT2D eigenvalue weighted by molar-refractivity contribution is 6.03. The van der Waals surface area contributed by atoms with Crippen LogP contribution < -0.4 is 10.6 Å². The second-order valence-electron chi connectivity index (χ2n) is 6.64. The zero-order valence-corrected chi connectivity index (χ0v) is 15.6. The lowest BCUT2D eigenvalue weighted by molar-refractivity contribution is -0.140. The Morgan fingerprint density at radius 1 is 1.19 bits per heavy atom. The molecule has 0 radical (unpaired) electrons. The van der Waals surface area contributed by atoms with Crippen LogP contribution in [0.15, 0.2) is 0 Å². The summed E-state index contributed by atoms with van der Waals surface area (Å²) < 4.78 is 0. The van der Waals surface area contributed by atoms with Crippen molar-refractivity contribution in [2.24, 2.45) is 11.8 Å². The molecule has 4 amide bonds. The topological polar surface area (TPSA) is 113 Å². The number of hydrogen-bond donors (Lipinski definition) is 2. The molecule has 0 spiro atoms. The van der Waals surface area contributed by atoms with Crippen molar-refractivity contribution in [2.45, 2.75) is 52.4 Å². The number of amides is 4. The summed E-state index contributed by atoms with van der Waals surface area (Å²) in [5, 5.41) is 4.80. The van der Waals surface area contributed by atoms with Gasteiger partial charge in [-0.2, -0.15) is 0 Å². The third-order valence-electron chi connectivity index (χ3n) is 4.72. The number of carbonyl (C=O) groups is 5. The number of hydrogen-bond acceptors (Lipinski definition) is 5. The molecule has 1 aliphatic heterocycles. The van der Waals surface area contributed by atoms with E-state index in [2.05, 4.69) is 10.6 Å². The first-order chi connectivity index (χ1) is 12.4. The van der Waals surface area contributed by atoms with E-state index in [0.29, 0.717) is 32.1 Å². The van der Waals surface area contributed by atoms with Gasteiger partial charge in [0.05, 0.1) is 13.1 Å². The molecule has 26 heavy (non-hydrogen) atoms. The molecule has 8 nitrogen and oxygen atoms in total. The van der Waals surface area contributed by atoms with Crippen molar-refractivity contribution in [2.75, 3.05) is 19.6 Å². The standard InChI is InChI=1S/C18H29N3O5/c1-3-13(2)14-11-17(25)21(18(14)26)9-6-4-5-7-15(23)20-12-16(24)19-8-10-22/h10,13-14H,3-9,11-12H2,1-2H3,(H,19,24)(H,20,23). The fourth-order valence-corrected chi connectivity index (χ4v) is 2.89. The molecule has 1 saturated heterocycles. The summed E-state index contributed by atoms with van der Waals surface area (Å²) >= 11 is 0. The Balaban J connectivity index is 2.17. The Morgan fingerprint density at radius 2 is 1.92 bits per heavy atom. The Bertz CT molecular complexity index is 535. The van der Waals surface area contributed by atoms with Gasteiger partial charge in [0.25, 0.3) is 0 Å². The molecule has 0 bridgehead atoms. The van der Waals surface area contributed by atoms with E-state index in [4.69, 9.17) is 0 Å². The average molecular weight is 367 g/mol. The van der Waals surface area contributed by atoms with Gasteiger partial charge < -0.3 is 15.4 Å². The van der Waals surface area contributed by atoms with Gasteiger partial charge in [-0.3, -0.25) is 24.1 Å². The molecule has 0 aliphatic carbocycles. The van der Waals surface area contributed by atoms with Crippen LogP contribution in [0.3, 0.4) is 0 Å². The number of likely N-dealkylation sites (tertiary alicyclic amines) is 1. The molecule has 1 rings (SSSR count). The SMILES string of the molecule is CCC(C)C1CC(=O)N(CCCCCC(=O)NCC(=O)NCC=O)C1=O. The molecule has 0 aromatic rings. The van der Waals surface area contributed by atoms with Crippen LogP contribution in [0.2, 0.25) is 0 Å². The zero-order chi connectivity index (χ0) is 19.5. The lowest BCUT2D eigenvalue weighted by Crippen LogP contribution is -2.37. The fraction of sp³-hybridized carbons (Fsp3) is 0.722. The molecule has 1 heterocycles. The van der Waals surface area contributed by atoms with Crippen LogP contribution >= 0.6 is 0 Å². The number of carbonyl (C=O) groups excluding carboxylic acids is 5. The summed E-state index contributed by atoms with van der Waals surface area (Å²) in [5.74, 6) is -0.792. The Morgan fingerprint density at radius 3 is 2.58 bits per heavy atom. The fourth-order valence-electron chi connectivity index (χ4n) is 2.89. The molecule has 1 aliphatic rings. The molecule has 2 unspecified atom stereocenters. The molecule has 2 N–H and O–H groups in total. The molecule has 146 valence electrons. The summed E-state index contributed by atoms with van der Waals surface area (Å²) in [7, 11) is 0. The van der Waals surface area contributed by atoms with Crippen molar-refractivity contribution >= 4 is 29.9 Å². The van der Waals surface area contributed by atoms with E-state index >= 15 is 0 Å². The first-order valence-electron chi connectivity index (χ1n) is 9.21. The minimum atomic E-state index is -0.410. The van der Waals surface area contributed by atoms with Crippen LogP contribution in [0.4, 0.5) is 0 Å². The number of nitrogens with zero attached hydrogens (tertiary/aromatic N) is 1. The molecule has 8 heteroatoms. The largest absolute Gasteiger partial charge is 0.348 e. The van der Waals surface area contributed by atoms with E-state index in [1.807, 2.05) is 13.8 Å². The second-order valence-corrected chi connectivity index (χ2v) is 6.64. The van der Waals surface area contributed by atoms with Gasteiger partial charge in [0.1, 0.15) is 6.29 Å². The normalized spacial score (nSPS) is 17.9. The van der Waals surface area contributed by atoms with Crippen LogP contribution in [0.5, 0.6) is 0 Å². The Kier molecular flexibility index (Phi) is 9.54. The maximum absolute atomic E-state index is 12.3. The van der Waals surface area contributed by atoms with Gasteiger partial charge in [-0.05, 0) is 18.8 Å². The summed E-state index contributed by atoms with van der Waals surface area (Å²) in [5.41, 5.74) is 0. The third-order valence-corrected chi connectivity index (χ3v) is 4.72. The van der Waals surface area contributed by atoms with Gasteiger partial charge in [0.15, 0.2) is 0 Å². The molecular formula is C18H29N3O5. The molecule has 0 saturated carbocycles. The third kappa shape index (κ3) is 6.93. The van der Waals surface area contributed by atoms with Crippen molar-refractivity contribution in [3.05, 3.63) is 0 Å². The summed E-state index contributed by atoms with van der Waals surface area (Å²) in [6.45, 7) is 4.19. The predicted molar refractivity (Wildman–Crippen MR) is 94.8 cm³/mol. The van der Waals surface area contributed by atoms with Gasteiger partial charge in [-0.15, -0.1) is 0 Å². The van der Waals surface area contributed by atoms with Crippen LogP contribution in [0.1, 0.15) is 52.4 Å². The van der Waals surface area contributed by atoms with Crippen molar-refractivity contribution < 1.29 is 24.0 Å². The zero-order valence-electron chi connectivity index (χ0n) is 15.6. The number of unbranched alkanes of at least 4 members (excludes halogenated alkanes) is 2. The van der Waals surface area contributed by atoms with Crippen LogP contribution in [0.25, 0.3) is 0 Å². The molecule has 1 fully saturated rings. The van der Waals surface area contributed by atoms with Gasteiger partial charge in [0.2, 0.25) is 23.6 Å². The van der Waals surface area contributed by atoms with E-state index < -0.39 is 5.91 Å². The van der Waals surface area contributed by atoms with Crippen molar-refractivity contribution in [3.63, 3.8) is 0 Å². The lowest BCUT2D eigenvalue weighted by atomic mass is 9.90. The maximum atomic E-state index is 12.3. The first-order valence-corrected chi connectivity index (χ1v) is 9.21. The number of imide groups is 1. The van der Waals surface area contributed by atoms with Crippen molar-refractivity contribution in [1.82, 2.24) is 15.5 Å². The average Bonchev–Trinajstić information content (AvgIpc) is 2.91. The highest BCUT2D eigenvalue weighted by atomic mass is 16.2. The van der Waals surface area contributed by atoms with Crippen molar-refractivity contribution in [1.29, 1.82) is 0 Å². The molecule has 2 atom stereocenters. The van der Waals surface area contributed by atoms with Gasteiger partial charge in [-0.25, -0.2) is 0 Å². The van der Waals surface area contributed by atoms with E-state index in [1.54, 1.807) is 0 Å². The van der Waals surface area contributed by atoms with E-state index in [9.17, 15) is 24.0 Å². The van der Waals surface area contributed by atoms with E-state index in [-0.39, 0.29) is 49.1 Å². The van der Waals surface area contributed by atoms with Crippen LogP contribution in [-0.2, 0) is 24.0 Å². The van der Waals surface area contributed by atoms with Gasteiger partial charge in [0, 0.05) is 25.3 Å². The summed E-state index contributed by atoms with van der Waals surface area (Å²) in [4.78, 5) is 58.6. The smallest absolute Gasteiger partial charge is 0.239 e. The Hall–Kier alpha value is -2.25. The summed E-state index contributed by atoms with van der Waals surface area (Å²) in [6.07, 6.45) is 4.03. The second kappa shape index (κ2) is 11.4. The minimum absolute atomic E-state index is 0.0663. The predicted octanol–water partition coefficient (Wildman–Crippen LogP) is 0.399. The number of nitrogens with one attached hydrogen (secondary N) is 2. The quantitative estimate of drug-likeness (QED) is 0.294. The summed E-state index contributed by atoms with van der Waals surface area (Å²) in [6, 6.07) is 0. The monoisotopic (exact) mass is 367 g/mol. The van der Waals surface area contributed by atoms with Crippen LogP contribution in [0, 0.1) is 11.8 Å². The van der Waals surface area contributed by atoms with Gasteiger partial charge in [-0.1, -0.05) is 26.7 Å². The molecule has 0 aromatic carbocycles. The molecular weight excluding hydrogens is 338 g/mol. The van der Waals surface area contributed by atoms with E-state index in [1.165, 1.54) is 4.90 Å². The maximum Gasteiger partial charge on any atom is 0.239 e. The molecule has 0 aromatic heterocycles. The number of rotatable bonds is 12. The van der Waals surface area contributed by atoms with Crippen molar-refractivity contribution in [3.8, 4) is 0 Å². The highest BCUT2D eigenvalue weighted by Gasteiger charge is 2.40. The lowest BCUT2D eigenvalue weighted by Gasteiger charge is -2.17. The first kappa shape index (κ1) is 21.8.